The third-order valence-corrected chi connectivity index (χ3v) is 1.22. The van der Waals surface area contributed by atoms with Crippen LogP contribution < -0.4 is 44.4 Å². The Morgan fingerprint density at radius 1 is 0.880 bits per heavy atom. The first kappa shape index (κ1) is 40.2. The monoisotopic (exact) mass is 505 g/mol. The molecule has 0 unspecified atom stereocenters. The molecule has 0 heterocycles. The predicted octanol–water partition coefficient (Wildman–Crippen LogP) is -4.03. The van der Waals surface area contributed by atoms with Gasteiger partial charge in [0.15, 0.2) is 0 Å². The Morgan fingerprint density at radius 3 is 1.20 bits per heavy atom. The number of hydrogen-bond donors (Lipinski definition) is 0. The van der Waals surface area contributed by atoms with Crippen LogP contribution >= 0.6 is 7.82 Å². The molecular formula is C16H28Cl2NO4PPd-8. The van der Waals surface area contributed by atoms with E-state index in [0.29, 0.717) is 0 Å². The second-order valence-electron chi connectivity index (χ2n) is 5.60. The molecule has 158 valence electrons. The Bertz CT molecular complexity index is 371. The van der Waals surface area contributed by atoms with Crippen molar-refractivity contribution in [1.29, 1.82) is 0 Å². The number of anilines is 1. The van der Waals surface area contributed by atoms with E-state index in [9.17, 15) is 0 Å². The largest absolute Gasteiger partial charge is 1.00 e. The Kier molecular flexibility index (Phi) is 39.2. The van der Waals surface area contributed by atoms with Crippen molar-refractivity contribution in [3.8, 4) is 0 Å². The van der Waals surface area contributed by atoms with E-state index in [1.54, 1.807) is 0 Å². The van der Waals surface area contributed by atoms with Gasteiger partial charge in [0.1, 0.15) is 0 Å². The van der Waals surface area contributed by atoms with Crippen LogP contribution in [0, 0.1) is 17.9 Å². The topological polar surface area (TPSA) is 89.5 Å². The first-order valence-corrected chi connectivity index (χ1v) is 8.13. The van der Waals surface area contributed by atoms with Crippen molar-refractivity contribution in [1.82, 2.24) is 0 Å². The first-order chi connectivity index (χ1) is 9.77. The molecule has 0 saturated carbocycles. The van der Waals surface area contributed by atoms with E-state index in [-0.39, 0.29) is 45.2 Å². The fourth-order valence-electron chi connectivity index (χ4n) is 0.676. The second-order valence-corrected chi connectivity index (χ2v) is 6.49. The molecule has 5 nitrogen and oxygen atoms in total. The fourth-order valence-corrected chi connectivity index (χ4v) is 0.676. The minimum Gasteiger partial charge on any atom is -1.00 e. The van der Waals surface area contributed by atoms with Crippen LogP contribution in [-0.2, 0) is 25.0 Å². The minimum absolute atomic E-state index is 0. The molecule has 0 saturated heterocycles. The third-order valence-electron chi connectivity index (χ3n) is 1.22. The smallest absolute Gasteiger partial charge is 0.00397 e. The first-order valence-electron chi connectivity index (χ1n) is 6.67. The Hall–Kier alpha value is 0.372. The van der Waals surface area contributed by atoms with Crippen LogP contribution in [0.1, 0.15) is 41.5 Å². The molecule has 25 heavy (non-hydrogen) atoms. The second kappa shape index (κ2) is 24.4. The van der Waals surface area contributed by atoms with Crippen LogP contribution in [-0.4, -0.2) is 14.1 Å². The van der Waals surface area contributed by atoms with E-state index < -0.39 is 7.82 Å². The maximum absolute atomic E-state index is 8.55. The summed E-state index contributed by atoms with van der Waals surface area (Å²) in [5.41, 5.74) is 1.22. The number of benzene rings is 1. The van der Waals surface area contributed by atoms with Gasteiger partial charge in [0, 0.05) is 34.5 Å². The maximum Gasteiger partial charge on any atom is 0.00397 e. The molecule has 0 bridgehead atoms. The van der Waals surface area contributed by atoms with Crippen molar-refractivity contribution in [3.63, 3.8) is 0 Å². The zero-order chi connectivity index (χ0) is 18.3. The summed E-state index contributed by atoms with van der Waals surface area (Å²) < 4.78 is 8.55. The van der Waals surface area contributed by atoms with Gasteiger partial charge >= 0.3 is 0 Å². The molecule has 0 atom stereocenters. The molecule has 0 N–H and O–H groups in total. The number of phosphoric acid groups is 1. The molecule has 9 heteroatoms. The predicted molar refractivity (Wildman–Crippen MR) is 87.7 cm³/mol. The minimum atomic E-state index is -5.39. The quantitative estimate of drug-likeness (QED) is 0.220. The van der Waals surface area contributed by atoms with Crippen molar-refractivity contribution in [3.05, 3.63) is 42.2 Å². The number of hydrogen-bond acceptors (Lipinski definition) is 5. The SMILES string of the molecule is CN(C)c1cc[c-]cc1.C[C-](C)C.C[C-](C)C.O=P([O-])([O-])[O-].[Cl-].[Cl-].[Pd]. The summed E-state index contributed by atoms with van der Waals surface area (Å²) in [5.74, 6) is 2.83. The van der Waals surface area contributed by atoms with Gasteiger partial charge in [0.2, 0.25) is 0 Å². The molecule has 0 aliphatic carbocycles. The van der Waals surface area contributed by atoms with E-state index in [1.807, 2.05) is 38.4 Å². The van der Waals surface area contributed by atoms with E-state index >= 15 is 0 Å². The van der Waals surface area contributed by atoms with E-state index in [2.05, 4.69) is 52.5 Å². The summed E-state index contributed by atoms with van der Waals surface area (Å²) in [4.78, 5) is 27.7. The molecule has 1 aromatic carbocycles. The van der Waals surface area contributed by atoms with Gasteiger partial charge in [-0.1, -0.05) is 5.69 Å². The molecule has 0 fully saturated rings. The number of nitrogens with zero attached hydrogens (tertiary/aromatic N) is 1. The summed E-state index contributed by atoms with van der Waals surface area (Å²) in [6, 6.07) is 10.8. The van der Waals surface area contributed by atoms with Crippen molar-refractivity contribution >= 4 is 13.5 Å². The van der Waals surface area contributed by atoms with Gasteiger partial charge in [-0.05, 0) is 0 Å². The molecule has 0 aliphatic heterocycles. The molecule has 0 aromatic heterocycles. The summed E-state index contributed by atoms with van der Waals surface area (Å²) >= 11 is 0. The van der Waals surface area contributed by atoms with Crippen LogP contribution in [0.4, 0.5) is 5.69 Å². The molecular weight excluding hydrogens is 478 g/mol. The molecule has 0 amide bonds. The Balaban J connectivity index is -0.0000000498. The molecule has 0 spiro atoms. The fraction of sp³-hybridized carbons (Fsp3) is 0.500. The zero-order valence-corrected chi connectivity index (χ0v) is 19.9. The van der Waals surface area contributed by atoms with Crippen LogP contribution in [0.3, 0.4) is 0 Å². The zero-order valence-electron chi connectivity index (χ0n) is 15.9. The number of halogens is 2. The van der Waals surface area contributed by atoms with Crippen LogP contribution in [0.2, 0.25) is 0 Å². The van der Waals surface area contributed by atoms with Crippen molar-refractivity contribution in [2.75, 3.05) is 19.0 Å². The standard InChI is InChI=1S/C8H10N.2C4H9.2ClH.H3O4P.Pd/c1-9(2)8-6-4-3-5-7-8;2*1-4(2)3;;;1-5(2,3)4;/h4-7H,1-2H3;2*1-3H3;2*1H;(H3,1,2,3,4);/q3*-1;;;;/p-5. The van der Waals surface area contributed by atoms with E-state index in [1.165, 1.54) is 17.5 Å². The van der Waals surface area contributed by atoms with Gasteiger partial charge in [-0.2, -0.15) is 67.6 Å². The molecule has 1 aromatic rings. The van der Waals surface area contributed by atoms with Crippen LogP contribution in [0.25, 0.3) is 0 Å². The van der Waals surface area contributed by atoms with E-state index in [4.69, 9.17) is 19.2 Å². The third kappa shape index (κ3) is 79.7. The van der Waals surface area contributed by atoms with Gasteiger partial charge in [-0.25, -0.2) is 0 Å². The summed E-state index contributed by atoms with van der Waals surface area (Å²) in [5, 5.41) is 0. The summed E-state index contributed by atoms with van der Waals surface area (Å²) in [7, 11) is -1.34. The summed E-state index contributed by atoms with van der Waals surface area (Å²) in [6.07, 6.45) is 0. The van der Waals surface area contributed by atoms with Gasteiger partial charge in [-0.3, -0.25) is 0 Å². The normalized spacial score (nSPS) is 8.52. The van der Waals surface area contributed by atoms with Gasteiger partial charge < -0.3 is 60.8 Å². The molecule has 0 radical (unpaired) electrons. The Labute approximate surface area is 180 Å². The van der Waals surface area contributed by atoms with E-state index in [0.717, 1.165) is 0 Å². The van der Waals surface area contributed by atoms with Crippen molar-refractivity contribution < 1.29 is 64.5 Å². The van der Waals surface area contributed by atoms with Crippen molar-refractivity contribution in [2.45, 2.75) is 41.5 Å². The Morgan fingerprint density at radius 2 is 1.08 bits per heavy atom. The average molecular weight is 507 g/mol. The van der Waals surface area contributed by atoms with Gasteiger partial charge in [0.05, 0.1) is 0 Å². The maximum atomic E-state index is 8.55. The molecule has 0 aliphatic rings. The van der Waals surface area contributed by atoms with Gasteiger partial charge in [0.25, 0.3) is 0 Å². The molecule has 1 rings (SSSR count). The van der Waals surface area contributed by atoms with Crippen molar-refractivity contribution in [2.24, 2.45) is 0 Å². The van der Waals surface area contributed by atoms with Crippen LogP contribution in [0.15, 0.2) is 24.3 Å². The number of rotatable bonds is 1. The summed E-state index contributed by atoms with van der Waals surface area (Å²) in [6.45, 7) is 12.5. The van der Waals surface area contributed by atoms with Crippen LogP contribution in [0.5, 0.6) is 0 Å². The van der Waals surface area contributed by atoms with Gasteiger partial charge in [-0.15, -0.1) is 12.1 Å². The average Bonchev–Trinajstić information content (AvgIpc) is 2.26.